The van der Waals surface area contributed by atoms with E-state index in [1.54, 1.807) is 6.20 Å². The summed E-state index contributed by atoms with van der Waals surface area (Å²) in [5, 5.41) is 4.27. The number of piperidine rings is 1. The van der Waals surface area contributed by atoms with Crippen LogP contribution in [-0.4, -0.2) is 43.2 Å². The number of hydrogen-bond acceptors (Lipinski definition) is 3. The lowest BCUT2D eigenvalue weighted by molar-refractivity contribution is -0.132. The molecule has 0 radical (unpaired) electrons. The molecule has 1 aliphatic carbocycles. The molecule has 0 bridgehead atoms. The molecule has 1 aliphatic heterocycles. The summed E-state index contributed by atoms with van der Waals surface area (Å²) >= 11 is 0. The van der Waals surface area contributed by atoms with Crippen LogP contribution < -0.4 is 0 Å². The summed E-state index contributed by atoms with van der Waals surface area (Å²) in [5.74, 6) is 2.61. The highest BCUT2D eigenvalue weighted by atomic mass is 16.2. The molecule has 6 nitrogen and oxygen atoms in total. The molecule has 1 saturated heterocycles. The number of carbonyl (C=O) groups excluding carboxylic acids is 1. The first-order chi connectivity index (χ1) is 12.7. The summed E-state index contributed by atoms with van der Waals surface area (Å²) in [6, 6.07) is 1.98. The van der Waals surface area contributed by atoms with Gasteiger partial charge in [-0.15, -0.1) is 0 Å². The fraction of sp³-hybridized carbons (Fsp3) is 0.650. The van der Waals surface area contributed by atoms with Gasteiger partial charge >= 0.3 is 0 Å². The standard InChI is InChI=1S/C20H29N5O/c1-16-7-9-22-25(16)12-8-19(26)23-11-3-6-18(15-23)20-21-10-13-24(20)14-17-4-2-5-17/h7,9-10,13,17-18H,2-6,8,11-12,14-15H2,1H3. The van der Waals surface area contributed by atoms with E-state index in [0.29, 0.717) is 18.9 Å². The van der Waals surface area contributed by atoms with Crippen LogP contribution >= 0.6 is 0 Å². The Hall–Kier alpha value is -2.11. The van der Waals surface area contributed by atoms with Crippen LogP contribution in [0.15, 0.2) is 24.7 Å². The van der Waals surface area contributed by atoms with E-state index in [9.17, 15) is 4.79 Å². The van der Waals surface area contributed by atoms with Crippen molar-refractivity contribution in [1.82, 2.24) is 24.2 Å². The van der Waals surface area contributed by atoms with Crippen molar-refractivity contribution in [3.05, 3.63) is 36.2 Å². The lowest BCUT2D eigenvalue weighted by Crippen LogP contribution is -2.40. The molecule has 2 aromatic heterocycles. The smallest absolute Gasteiger partial charge is 0.224 e. The maximum Gasteiger partial charge on any atom is 0.224 e. The van der Waals surface area contributed by atoms with Crippen LogP contribution in [0.3, 0.4) is 0 Å². The van der Waals surface area contributed by atoms with Crippen molar-refractivity contribution in [1.29, 1.82) is 0 Å². The Kier molecular flexibility index (Phi) is 5.09. The van der Waals surface area contributed by atoms with Crippen LogP contribution in [0.4, 0.5) is 0 Å². The first-order valence-corrected chi connectivity index (χ1v) is 9.98. The molecule has 0 N–H and O–H groups in total. The fourth-order valence-electron chi connectivity index (χ4n) is 4.20. The SMILES string of the molecule is Cc1ccnn1CCC(=O)N1CCCC(c2nccn2CC2CCC2)C1. The van der Waals surface area contributed by atoms with Crippen LogP contribution in [0, 0.1) is 12.8 Å². The number of amides is 1. The van der Waals surface area contributed by atoms with Gasteiger partial charge < -0.3 is 9.47 Å². The predicted molar refractivity (Wildman–Crippen MR) is 99.7 cm³/mol. The van der Waals surface area contributed by atoms with Gasteiger partial charge in [-0.05, 0) is 44.6 Å². The largest absolute Gasteiger partial charge is 0.342 e. The lowest BCUT2D eigenvalue weighted by atomic mass is 9.85. The minimum Gasteiger partial charge on any atom is -0.342 e. The molecule has 26 heavy (non-hydrogen) atoms. The van der Waals surface area contributed by atoms with E-state index in [0.717, 1.165) is 44.1 Å². The van der Waals surface area contributed by atoms with Crippen molar-refractivity contribution in [2.75, 3.05) is 13.1 Å². The van der Waals surface area contributed by atoms with E-state index in [-0.39, 0.29) is 5.91 Å². The van der Waals surface area contributed by atoms with Crippen LogP contribution in [0.5, 0.6) is 0 Å². The maximum absolute atomic E-state index is 12.7. The molecule has 1 amide bonds. The van der Waals surface area contributed by atoms with Gasteiger partial charge in [-0.25, -0.2) is 4.98 Å². The number of nitrogens with zero attached hydrogens (tertiary/aromatic N) is 5. The lowest BCUT2D eigenvalue weighted by Gasteiger charge is -2.34. The molecule has 2 aromatic rings. The highest BCUT2D eigenvalue weighted by Gasteiger charge is 2.28. The number of aryl methyl sites for hydroxylation is 2. The van der Waals surface area contributed by atoms with Crippen LogP contribution in [0.1, 0.15) is 56.0 Å². The Morgan fingerprint density at radius 2 is 2.12 bits per heavy atom. The molecule has 4 rings (SSSR count). The molecule has 3 heterocycles. The van der Waals surface area contributed by atoms with E-state index in [4.69, 9.17) is 0 Å². The quantitative estimate of drug-likeness (QED) is 0.800. The summed E-state index contributed by atoms with van der Waals surface area (Å²) in [6.07, 6.45) is 12.6. The molecule has 0 spiro atoms. The first kappa shape index (κ1) is 17.3. The molecule has 1 unspecified atom stereocenters. The highest BCUT2D eigenvalue weighted by Crippen LogP contribution is 2.31. The highest BCUT2D eigenvalue weighted by molar-refractivity contribution is 5.76. The van der Waals surface area contributed by atoms with Crippen molar-refractivity contribution in [3.8, 4) is 0 Å². The molecule has 6 heteroatoms. The van der Waals surface area contributed by atoms with E-state index in [1.165, 1.54) is 25.1 Å². The Morgan fingerprint density at radius 3 is 2.85 bits per heavy atom. The fourth-order valence-corrected chi connectivity index (χ4v) is 4.20. The van der Waals surface area contributed by atoms with Crippen molar-refractivity contribution in [2.24, 2.45) is 5.92 Å². The second kappa shape index (κ2) is 7.64. The summed E-state index contributed by atoms with van der Waals surface area (Å²) in [7, 11) is 0. The molecule has 140 valence electrons. The summed E-state index contributed by atoms with van der Waals surface area (Å²) in [4.78, 5) is 19.4. The van der Waals surface area contributed by atoms with Crippen LogP contribution in [-0.2, 0) is 17.9 Å². The van der Waals surface area contributed by atoms with Gasteiger partial charge in [0, 0.05) is 62.8 Å². The number of likely N-dealkylation sites (tertiary alicyclic amines) is 1. The van der Waals surface area contributed by atoms with Gasteiger partial charge in [0.2, 0.25) is 5.91 Å². The zero-order valence-electron chi connectivity index (χ0n) is 15.7. The van der Waals surface area contributed by atoms with Crippen LogP contribution in [0.2, 0.25) is 0 Å². The Morgan fingerprint density at radius 1 is 1.23 bits per heavy atom. The van der Waals surface area contributed by atoms with Gasteiger partial charge in [0.05, 0.1) is 0 Å². The average molecular weight is 355 g/mol. The number of hydrogen-bond donors (Lipinski definition) is 0. The van der Waals surface area contributed by atoms with E-state index >= 15 is 0 Å². The second-order valence-corrected chi connectivity index (χ2v) is 7.86. The molecule has 2 fully saturated rings. The van der Waals surface area contributed by atoms with Gasteiger partial charge in [0.15, 0.2) is 0 Å². The summed E-state index contributed by atoms with van der Waals surface area (Å²) in [5.41, 5.74) is 1.10. The van der Waals surface area contributed by atoms with Gasteiger partial charge in [0.1, 0.15) is 5.82 Å². The topological polar surface area (TPSA) is 56.0 Å². The summed E-state index contributed by atoms with van der Waals surface area (Å²) in [6.45, 7) is 5.46. The van der Waals surface area contributed by atoms with Gasteiger partial charge in [0.25, 0.3) is 0 Å². The zero-order valence-corrected chi connectivity index (χ0v) is 15.7. The first-order valence-electron chi connectivity index (χ1n) is 9.98. The Bertz CT molecular complexity index is 745. The van der Waals surface area contributed by atoms with E-state index in [1.807, 2.05) is 28.8 Å². The molecule has 0 aromatic carbocycles. The molecule has 1 atom stereocenters. The maximum atomic E-state index is 12.7. The monoisotopic (exact) mass is 355 g/mol. The van der Waals surface area contributed by atoms with E-state index < -0.39 is 0 Å². The predicted octanol–water partition coefficient (Wildman–Crippen LogP) is 2.98. The normalized spacial score (nSPS) is 21.0. The van der Waals surface area contributed by atoms with Crippen molar-refractivity contribution < 1.29 is 4.79 Å². The molecular weight excluding hydrogens is 326 g/mol. The van der Waals surface area contributed by atoms with Gasteiger partial charge in [-0.3, -0.25) is 9.48 Å². The number of rotatable bonds is 6. The second-order valence-electron chi connectivity index (χ2n) is 7.86. The van der Waals surface area contributed by atoms with Gasteiger partial charge in [-0.1, -0.05) is 6.42 Å². The molecule has 2 aliphatic rings. The number of imidazole rings is 1. The van der Waals surface area contributed by atoms with Crippen LogP contribution in [0.25, 0.3) is 0 Å². The Balaban J connectivity index is 1.36. The van der Waals surface area contributed by atoms with Crippen molar-refractivity contribution >= 4 is 5.91 Å². The minimum atomic E-state index is 0.238. The molecular formula is C20H29N5O. The molecule has 1 saturated carbocycles. The van der Waals surface area contributed by atoms with Crippen molar-refractivity contribution in [3.63, 3.8) is 0 Å². The van der Waals surface area contributed by atoms with Gasteiger partial charge in [-0.2, -0.15) is 5.10 Å². The Labute approximate surface area is 155 Å². The van der Waals surface area contributed by atoms with Crippen molar-refractivity contribution in [2.45, 2.75) is 64.5 Å². The third-order valence-electron chi connectivity index (χ3n) is 6.03. The minimum absolute atomic E-state index is 0.238. The third kappa shape index (κ3) is 3.69. The third-order valence-corrected chi connectivity index (χ3v) is 6.03. The number of carbonyl (C=O) groups is 1. The average Bonchev–Trinajstić information content (AvgIpc) is 3.25. The summed E-state index contributed by atoms with van der Waals surface area (Å²) < 4.78 is 4.25. The van der Waals surface area contributed by atoms with E-state index in [2.05, 4.69) is 20.8 Å². The zero-order chi connectivity index (χ0) is 17.9. The number of aromatic nitrogens is 4.